The van der Waals surface area contributed by atoms with Crippen LogP contribution in [0.2, 0.25) is 0 Å². The molecule has 0 aliphatic carbocycles. The van der Waals surface area contributed by atoms with Crippen molar-refractivity contribution in [2.75, 3.05) is 11.9 Å². The molecule has 110 valence electrons. The number of carbonyl (C=O) groups excluding carboxylic acids is 1. The van der Waals surface area contributed by atoms with Crippen molar-refractivity contribution in [1.82, 2.24) is 5.32 Å². The van der Waals surface area contributed by atoms with E-state index in [1.165, 1.54) is 25.2 Å². The molecule has 1 atom stereocenters. The summed E-state index contributed by atoms with van der Waals surface area (Å²) >= 11 is 0. The van der Waals surface area contributed by atoms with Gasteiger partial charge in [-0.3, -0.25) is 4.90 Å². The van der Waals surface area contributed by atoms with Gasteiger partial charge >= 0.3 is 12.0 Å². The van der Waals surface area contributed by atoms with Crippen LogP contribution in [-0.4, -0.2) is 30.2 Å². The summed E-state index contributed by atoms with van der Waals surface area (Å²) in [5.41, 5.74) is 0.102. The Balaban J connectivity index is 2.73. The number of benzene rings is 1. The van der Waals surface area contributed by atoms with Gasteiger partial charge in [-0.25, -0.2) is 14.0 Å². The summed E-state index contributed by atoms with van der Waals surface area (Å²) in [5, 5.41) is 11.4. The monoisotopic (exact) mass is 282 g/mol. The van der Waals surface area contributed by atoms with Gasteiger partial charge in [-0.1, -0.05) is 31.9 Å². The zero-order chi connectivity index (χ0) is 15.1. The SMILES string of the molecule is CCCC[C@H](NC(=O)N(C)c1ccccc1F)C(=O)O. The molecule has 1 aromatic rings. The van der Waals surface area contributed by atoms with Gasteiger partial charge in [0.25, 0.3) is 0 Å². The minimum atomic E-state index is -1.09. The molecule has 0 bridgehead atoms. The topological polar surface area (TPSA) is 69.6 Å². The lowest BCUT2D eigenvalue weighted by molar-refractivity contribution is -0.139. The predicted octanol–water partition coefficient (Wildman–Crippen LogP) is 2.61. The van der Waals surface area contributed by atoms with E-state index in [0.717, 1.165) is 11.3 Å². The lowest BCUT2D eigenvalue weighted by atomic mass is 10.1. The number of halogens is 1. The van der Waals surface area contributed by atoms with Crippen LogP contribution < -0.4 is 10.2 Å². The molecule has 1 aromatic carbocycles. The highest BCUT2D eigenvalue weighted by molar-refractivity contribution is 5.94. The molecule has 0 aliphatic rings. The molecule has 0 aromatic heterocycles. The van der Waals surface area contributed by atoms with Crippen LogP contribution >= 0.6 is 0 Å². The van der Waals surface area contributed by atoms with Crippen LogP contribution in [0.3, 0.4) is 0 Å². The molecule has 0 unspecified atom stereocenters. The van der Waals surface area contributed by atoms with Crippen molar-refractivity contribution in [2.24, 2.45) is 0 Å². The average Bonchev–Trinajstić information content (AvgIpc) is 2.42. The molecule has 0 heterocycles. The number of nitrogens with one attached hydrogen (secondary N) is 1. The molecule has 2 N–H and O–H groups in total. The van der Waals surface area contributed by atoms with Crippen molar-refractivity contribution < 1.29 is 19.1 Å². The van der Waals surface area contributed by atoms with E-state index in [1.54, 1.807) is 6.07 Å². The van der Waals surface area contributed by atoms with Crippen molar-refractivity contribution in [3.05, 3.63) is 30.1 Å². The van der Waals surface area contributed by atoms with E-state index in [9.17, 15) is 14.0 Å². The fraction of sp³-hybridized carbons (Fsp3) is 0.429. The maximum Gasteiger partial charge on any atom is 0.326 e. The zero-order valence-electron chi connectivity index (χ0n) is 11.6. The first-order valence-corrected chi connectivity index (χ1v) is 6.49. The summed E-state index contributed by atoms with van der Waals surface area (Å²) in [4.78, 5) is 24.1. The number of hydrogen-bond donors (Lipinski definition) is 2. The lowest BCUT2D eigenvalue weighted by Crippen LogP contribution is -2.47. The second-order valence-corrected chi connectivity index (χ2v) is 4.49. The Morgan fingerprint density at radius 3 is 2.60 bits per heavy atom. The Kier molecular flexibility index (Phi) is 5.96. The maximum atomic E-state index is 13.6. The molecule has 2 amide bonds. The van der Waals surface area contributed by atoms with E-state index in [2.05, 4.69) is 5.32 Å². The number of anilines is 1. The van der Waals surface area contributed by atoms with Gasteiger partial charge in [-0.2, -0.15) is 0 Å². The number of carboxylic acid groups (broad SMARTS) is 1. The Bertz CT molecular complexity index is 479. The normalized spacial score (nSPS) is 11.8. The number of hydrogen-bond acceptors (Lipinski definition) is 2. The summed E-state index contributed by atoms with van der Waals surface area (Å²) in [6.45, 7) is 1.94. The first-order valence-electron chi connectivity index (χ1n) is 6.49. The zero-order valence-corrected chi connectivity index (χ0v) is 11.6. The second kappa shape index (κ2) is 7.47. The third-order valence-corrected chi connectivity index (χ3v) is 2.96. The minimum Gasteiger partial charge on any atom is -0.480 e. The molecule has 5 nitrogen and oxygen atoms in total. The molecule has 0 aliphatic heterocycles. The fourth-order valence-corrected chi connectivity index (χ4v) is 1.74. The number of para-hydroxylation sites is 1. The van der Waals surface area contributed by atoms with Crippen molar-refractivity contribution in [1.29, 1.82) is 0 Å². The maximum absolute atomic E-state index is 13.6. The van der Waals surface area contributed by atoms with E-state index in [4.69, 9.17) is 5.11 Å². The van der Waals surface area contributed by atoms with Crippen molar-refractivity contribution in [2.45, 2.75) is 32.2 Å². The van der Waals surface area contributed by atoms with E-state index < -0.39 is 23.9 Å². The van der Waals surface area contributed by atoms with Crippen LogP contribution in [0.15, 0.2) is 24.3 Å². The van der Waals surface area contributed by atoms with Crippen LogP contribution in [0.1, 0.15) is 26.2 Å². The molecule has 1 rings (SSSR count). The molecule has 0 fully saturated rings. The van der Waals surface area contributed by atoms with Gasteiger partial charge in [0.05, 0.1) is 5.69 Å². The second-order valence-electron chi connectivity index (χ2n) is 4.49. The van der Waals surface area contributed by atoms with Crippen molar-refractivity contribution in [3.63, 3.8) is 0 Å². The minimum absolute atomic E-state index is 0.102. The highest BCUT2D eigenvalue weighted by Gasteiger charge is 2.22. The Morgan fingerprint density at radius 1 is 1.40 bits per heavy atom. The number of carboxylic acids is 1. The van der Waals surface area contributed by atoms with Gasteiger partial charge in [-0.05, 0) is 18.6 Å². The van der Waals surface area contributed by atoms with Crippen LogP contribution in [-0.2, 0) is 4.79 Å². The van der Waals surface area contributed by atoms with Crippen LogP contribution in [0.4, 0.5) is 14.9 Å². The van der Waals surface area contributed by atoms with Gasteiger partial charge in [0.1, 0.15) is 11.9 Å². The summed E-state index contributed by atoms with van der Waals surface area (Å²) in [7, 11) is 1.40. The molecule has 20 heavy (non-hydrogen) atoms. The number of aliphatic carboxylic acids is 1. The quantitative estimate of drug-likeness (QED) is 0.842. The third kappa shape index (κ3) is 4.22. The van der Waals surface area contributed by atoms with E-state index in [-0.39, 0.29) is 5.69 Å². The van der Waals surface area contributed by atoms with E-state index in [0.29, 0.717) is 12.8 Å². The number of nitrogens with zero attached hydrogens (tertiary/aromatic N) is 1. The van der Waals surface area contributed by atoms with Crippen LogP contribution in [0.25, 0.3) is 0 Å². The van der Waals surface area contributed by atoms with E-state index in [1.807, 2.05) is 6.92 Å². The number of urea groups is 1. The number of rotatable bonds is 6. The van der Waals surface area contributed by atoms with Gasteiger partial charge in [0.15, 0.2) is 0 Å². The molecular weight excluding hydrogens is 263 g/mol. The molecule has 0 saturated heterocycles. The largest absolute Gasteiger partial charge is 0.480 e. The number of amides is 2. The van der Waals surface area contributed by atoms with Gasteiger partial charge < -0.3 is 10.4 Å². The Labute approximate surface area is 117 Å². The Hall–Kier alpha value is -2.11. The highest BCUT2D eigenvalue weighted by atomic mass is 19.1. The predicted molar refractivity (Wildman–Crippen MR) is 74.3 cm³/mol. The average molecular weight is 282 g/mol. The molecule has 6 heteroatoms. The molecular formula is C14H19FN2O3. The van der Waals surface area contributed by atoms with Gasteiger partial charge in [0, 0.05) is 7.05 Å². The Morgan fingerprint density at radius 2 is 2.05 bits per heavy atom. The van der Waals surface area contributed by atoms with Crippen LogP contribution in [0.5, 0.6) is 0 Å². The lowest BCUT2D eigenvalue weighted by Gasteiger charge is -2.21. The molecule has 0 saturated carbocycles. The molecule has 0 radical (unpaired) electrons. The van der Waals surface area contributed by atoms with E-state index >= 15 is 0 Å². The number of carbonyl (C=O) groups is 2. The fourth-order valence-electron chi connectivity index (χ4n) is 1.74. The summed E-state index contributed by atoms with van der Waals surface area (Å²) in [6, 6.07) is 4.22. The van der Waals surface area contributed by atoms with Crippen molar-refractivity contribution in [3.8, 4) is 0 Å². The smallest absolute Gasteiger partial charge is 0.326 e. The number of unbranched alkanes of at least 4 members (excludes halogenated alkanes) is 1. The highest BCUT2D eigenvalue weighted by Crippen LogP contribution is 2.17. The first-order chi connectivity index (χ1) is 9.47. The van der Waals surface area contributed by atoms with Crippen molar-refractivity contribution >= 4 is 17.7 Å². The summed E-state index contributed by atoms with van der Waals surface area (Å²) in [5.74, 6) is -1.63. The first kappa shape index (κ1) is 15.9. The standard InChI is InChI=1S/C14H19FN2O3/c1-3-4-8-11(13(18)19)16-14(20)17(2)12-9-6-5-7-10(12)15/h5-7,9,11H,3-4,8H2,1-2H3,(H,16,20)(H,18,19)/t11-/m0/s1. The van der Waals surface area contributed by atoms with Gasteiger partial charge in [-0.15, -0.1) is 0 Å². The van der Waals surface area contributed by atoms with Gasteiger partial charge in [0.2, 0.25) is 0 Å². The third-order valence-electron chi connectivity index (χ3n) is 2.96. The van der Waals surface area contributed by atoms with Crippen LogP contribution in [0, 0.1) is 5.82 Å². The molecule has 0 spiro atoms. The summed E-state index contributed by atoms with van der Waals surface area (Å²) in [6.07, 6.45) is 1.88. The summed E-state index contributed by atoms with van der Waals surface area (Å²) < 4.78 is 13.6.